The summed E-state index contributed by atoms with van der Waals surface area (Å²) in [5.41, 5.74) is 6.05. The predicted octanol–water partition coefficient (Wildman–Crippen LogP) is 1.77. The Labute approximate surface area is 119 Å². The van der Waals surface area contributed by atoms with Crippen molar-refractivity contribution in [3.63, 3.8) is 0 Å². The van der Waals surface area contributed by atoms with Crippen molar-refractivity contribution < 1.29 is 13.2 Å². The van der Waals surface area contributed by atoms with Crippen molar-refractivity contribution in [1.82, 2.24) is 0 Å². The fourth-order valence-electron chi connectivity index (χ4n) is 1.45. The summed E-state index contributed by atoms with van der Waals surface area (Å²) in [4.78, 5) is 0.416. The van der Waals surface area contributed by atoms with Crippen LogP contribution in [-0.2, 0) is 14.6 Å². The lowest BCUT2D eigenvalue weighted by atomic mass is 10.2. The standard InChI is InChI=1S/C13H19NO3S2/c1-10(2)9-17-6-7-19(15,16)12-5-3-4-11(8-12)13(14)18/h3-5,8,10H,6-7,9H2,1-2H3,(H2,14,18). The van der Waals surface area contributed by atoms with Crippen LogP contribution < -0.4 is 5.73 Å². The van der Waals surface area contributed by atoms with Crippen LogP contribution in [0.4, 0.5) is 0 Å². The minimum atomic E-state index is -3.35. The molecule has 0 aliphatic carbocycles. The number of hydrogen-bond donors (Lipinski definition) is 1. The topological polar surface area (TPSA) is 69.4 Å². The summed E-state index contributed by atoms with van der Waals surface area (Å²) in [5.74, 6) is 0.348. The number of thiocarbonyl (C=S) groups is 1. The van der Waals surface area contributed by atoms with Gasteiger partial charge in [0.05, 0.1) is 17.3 Å². The molecule has 0 saturated carbocycles. The third kappa shape index (κ3) is 5.26. The van der Waals surface area contributed by atoms with Crippen LogP contribution in [0.5, 0.6) is 0 Å². The Bertz CT molecular complexity index is 539. The van der Waals surface area contributed by atoms with Crippen molar-refractivity contribution in [1.29, 1.82) is 0 Å². The number of rotatable bonds is 7. The Morgan fingerprint density at radius 1 is 1.42 bits per heavy atom. The third-order valence-electron chi connectivity index (χ3n) is 2.43. The number of nitrogens with two attached hydrogens (primary N) is 1. The highest BCUT2D eigenvalue weighted by atomic mass is 32.2. The second kappa shape index (κ2) is 6.98. The quantitative estimate of drug-likeness (QED) is 0.614. The highest BCUT2D eigenvalue weighted by Crippen LogP contribution is 2.13. The fourth-order valence-corrected chi connectivity index (χ4v) is 2.74. The van der Waals surface area contributed by atoms with Gasteiger partial charge in [-0.15, -0.1) is 0 Å². The molecule has 4 nitrogen and oxygen atoms in total. The molecule has 0 saturated heterocycles. The lowest BCUT2D eigenvalue weighted by Gasteiger charge is -2.08. The monoisotopic (exact) mass is 301 g/mol. The molecular weight excluding hydrogens is 282 g/mol. The van der Waals surface area contributed by atoms with Gasteiger partial charge in [-0.05, 0) is 18.1 Å². The first kappa shape index (κ1) is 16.1. The van der Waals surface area contributed by atoms with E-state index in [-0.39, 0.29) is 22.2 Å². The maximum atomic E-state index is 12.1. The van der Waals surface area contributed by atoms with Crippen molar-refractivity contribution in [2.75, 3.05) is 19.0 Å². The van der Waals surface area contributed by atoms with E-state index in [2.05, 4.69) is 0 Å². The van der Waals surface area contributed by atoms with Crippen molar-refractivity contribution in [3.8, 4) is 0 Å². The number of benzene rings is 1. The second-order valence-corrected chi connectivity index (χ2v) is 7.23. The smallest absolute Gasteiger partial charge is 0.180 e. The zero-order chi connectivity index (χ0) is 14.5. The summed E-state index contributed by atoms with van der Waals surface area (Å²) in [5, 5.41) is 0. The minimum absolute atomic E-state index is 0.0412. The van der Waals surface area contributed by atoms with Crippen LogP contribution in [0.3, 0.4) is 0 Å². The van der Waals surface area contributed by atoms with E-state index in [1.54, 1.807) is 18.2 Å². The van der Waals surface area contributed by atoms with E-state index in [1.807, 2.05) is 13.8 Å². The highest BCUT2D eigenvalue weighted by Gasteiger charge is 2.15. The van der Waals surface area contributed by atoms with Crippen molar-refractivity contribution in [2.45, 2.75) is 18.7 Å². The Balaban J connectivity index is 2.72. The molecule has 0 radical (unpaired) electrons. The third-order valence-corrected chi connectivity index (χ3v) is 4.34. The van der Waals surface area contributed by atoms with E-state index in [1.165, 1.54) is 6.07 Å². The van der Waals surface area contributed by atoms with E-state index < -0.39 is 9.84 Å². The average molecular weight is 301 g/mol. The normalized spacial score (nSPS) is 11.7. The van der Waals surface area contributed by atoms with Crippen LogP contribution in [0, 0.1) is 5.92 Å². The number of ether oxygens (including phenoxy) is 1. The highest BCUT2D eigenvalue weighted by molar-refractivity contribution is 7.91. The van der Waals surface area contributed by atoms with E-state index in [9.17, 15) is 8.42 Å². The van der Waals surface area contributed by atoms with Gasteiger partial charge in [-0.1, -0.05) is 38.2 Å². The lowest BCUT2D eigenvalue weighted by molar-refractivity contribution is 0.123. The predicted molar refractivity (Wildman–Crippen MR) is 80.0 cm³/mol. The first-order valence-corrected chi connectivity index (χ1v) is 8.09. The Morgan fingerprint density at radius 2 is 2.11 bits per heavy atom. The molecule has 0 aliphatic heterocycles. The molecular formula is C13H19NO3S2. The van der Waals surface area contributed by atoms with Crippen LogP contribution in [0.1, 0.15) is 19.4 Å². The Kier molecular flexibility index (Phi) is 5.90. The molecule has 0 aliphatic rings. The van der Waals surface area contributed by atoms with Crippen molar-refractivity contribution in [2.24, 2.45) is 11.7 Å². The maximum absolute atomic E-state index is 12.1. The molecule has 0 aromatic heterocycles. The van der Waals surface area contributed by atoms with Gasteiger partial charge in [0.25, 0.3) is 0 Å². The molecule has 19 heavy (non-hydrogen) atoms. The fraction of sp³-hybridized carbons (Fsp3) is 0.462. The van der Waals surface area contributed by atoms with Gasteiger partial charge in [-0.2, -0.15) is 0 Å². The molecule has 1 rings (SSSR count). The van der Waals surface area contributed by atoms with Gasteiger partial charge in [0.1, 0.15) is 4.99 Å². The zero-order valence-electron chi connectivity index (χ0n) is 11.1. The van der Waals surface area contributed by atoms with Crippen LogP contribution in [0.25, 0.3) is 0 Å². The summed E-state index contributed by atoms with van der Waals surface area (Å²) in [6.07, 6.45) is 0. The summed E-state index contributed by atoms with van der Waals surface area (Å²) < 4.78 is 29.5. The average Bonchev–Trinajstić information content (AvgIpc) is 2.34. The maximum Gasteiger partial charge on any atom is 0.180 e. The first-order valence-electron chi connectivity index (χ1n) is 6.03. The van der Waals surface area contributed by atoms with Gasteiger partial charge >= 0.3 is 0 Å². The lowest BCUT2D eigenvalue weighted by Crippen LogP contribution is -2.16. The van der Waals surface area contributed by atoms with Crippen LogP contribution in [0.2, 0.25) is 0 Å². The minimum Gasteiger partial charge on any atom is -0.389 e. The summed E-state index contributed by atoms with van der Waals surface area (Å²) in [7, 11) is -3.35. The molecule has 1 aromatic rings. The van der Waals surface area contributed by atoms with Gasteiger partial charge in [0, 0.05) is 12.2 Å². The molecule has 106 valence electrons. The summed E-state index contributed by atoms with van der Waals surface area (Å²) in [6.45, 7) is 4.78. The van der Waals surface area contributed by atoms with E-state index >= 15 is 0 Å². The van der Waals surface area contributed by atoms with Crippen LogP contribution in [0.15, 0.2) is 29.2 Å². The molecule has 0 spiro atoms. The molecule has 0 unspecified atom stereocenters. The van der Waals surface area contributed by atoms with E-state index in [0.717, 1.165) is 0 Å². The first-order chi connectivity index (χ1) is 8.83. The van der Waals surface area contributed by atoms with Gasteiger partial charge in [-0.3, -0.25) is 0 Å². The van der Waals surface area contributed by atoms with Gasteiger partial charge < -0.3 is 10.5 Å². The molecule has 0 bridgehead atoms. The number of sulfone groups is 1. The van der Waals surface area contributed by atoms with Crippen molar-refractivity contribution in [3.05, 3.63) is 29.8 Å². The molecule has 0 atom stereocenters. The number of hydrogen-bond acceptors (Lipinski definition) is 4. The zero-order valence-corrected chi connectivity index (χ0v) is 12.8. The molecule has 1 aromatic carbocycles. The largest absolute Gasteiger partial charge is 0.389 e. The molecule has 0 amide bonds. The summed E-state index contributed by atoms with van der Waals surface area (Å²) >= 11 is 4.84. The van der Waals surface area contributed by atoms with Gasteiger partial charge in [0.2, 0.25) is 0 Å². The molecule has 2 N–H and O–H groups in total. The SMILES string of the molecule is CC(C)COCCS(=O)(=O)c1cccc(C(N)=S)c1. The second-order valence-electron chi connectivity index (χ2n) is 4.68. The molecule has 0 fully saturated rings. The Morgan fingerprint density at radius 3 is 2.68 bits per heavy atom. The van der Waals surface area contributed by atoms with Gasteiger partial charge in [-0.25, -0.2) is 8.42 Å². The van der Waals surface area contributed by atoms with Crippen molar-refractivity contribution >= 4 is 27.0 Å². The van der Waals surface area contributed by atoms with Crippen LogP contribution >= 0.6 is 12.2 Å². The van der Waals surface area contributed by atoms with Gasteiger partial charge in [0.15, 0.2) is 9.84 Å². The van der Waals surface area contributed by atoms with E-state index in [0.29, 0.717) is 18.1 Å². The van der Waals surface area contributed by atoms with Crippen LogP contribution in [-0.4, -0.2) is 32.4 Å². The Hall–Kier alpha value is -0.980. The summed E-state index contributed by atoms with van der Waals surface area (Å²) in [6, 6.07) is 6.37. The molecule has 6 heteroatoms. The van der Waals surface area contributed by atoms with E-state index in [4.69, 9.17) is 22.7 Å². The molecule has 0 heterocycles.